The van der Waals surface area contributed by atoms with Crippen molar-refractivity contribution in [1.29, 1.82) is 0 Å². The Hall–Kier alpha value is -0.480. The summed E-state index contributed by atoms with van der Waals surface area (Å²) in [6.07, 6.45) is 1.80. The lowest BCUT2D eigenvalue weighted by Gasteiger charge is -1.98. The van der Waals surface area contributed by atoms with Gasteiger partial charge in [-0.2, -0.15) is 11.8 Å². The smallest absolute Gasteiger partial charge is 0.333 e. The Morgan fingerprint density at radius 3 is 2.83 bits per heavy atom. The summed E-state index contributed by atoms with van der Waals surface area (Å²) in [6.45, 7) is 1.89. The van der Waals surface area contributed by atoms with E-state index in [2.05, 4.69) is 4.74 Å². The second-order valence-corrected chi connectivity index (χ2v) is 3.33. The highest BCUT2D eigenvalue weighted by atomic mass is 32.2. The molecule has 0 radical (unpaired) electrons. The van der Waals surface area contributed by atoms with Gasteiger partial charge in [0.1, 0.15) is 0 Å². The molecule has 0 aromatic rings. The first-order valence-corrected chi connectivity index (χ1v) is 4.81. The maximum atomic E-state index is 10.8. The van der Waals surface area contributed by atoms with Gasteiger partial charge in [-0.15, -0.1) is 0 Å². The number of aliphatic hydroxyl groups is 1. The van der Waals surface area contributed by atoms with Gasteiger partial charge in [0, 0.05) is 17.1 Å². The van der Waals surface area contributed by atoms with Gasteiger partial charge in [0.05, 0.1) is 13.7 Å². The van der Waals surface area contributed by atoms with E-state index >= 15 is 0 Å². The van der Waals surface area contributed by atoms with Crippen LogP contribution in [-0.4, -0.2) is 36.3 Å². The second kappa shape index (κ2) is 7.18. The highest BCUT2D eigenvalue weighted by molar-refractivity contribution is 7.99. The lowest BCUT2D eigenvalue weighted by Crippen LogP contribution is -2.01. The fourth-order valence-corrected chi connectivity index (χ4v) is 1.24. The van der Waals surface area contributed by atoms with Gasteiger partial charge in [-0.05, 0) is 6.92 Å². The van der Waals surface area contributed by atoms with E-state index in [1.165, 1.54) is 7.11 Å². The van der Waals surface area contributed by atoms with Gasteiger partial charge in [-0.1, -0.05) is 6.08 Å². The van der Waals surface area contributed by atoms with Crippen molar-refractivity contribution in [2.75, 3.05) is 25.2 Å². The number of methoxy groups -OCH3 is 1. The summed E-state index contributed by atoms with van der Waals surface area (Å²) < 4.78 is 4.50. The molecule has 0 atom stereocenters. The molecule has 70 valence electrons. The van der Waals surface area contributed by atoms with Crippen LogP contribution in [0.5, 0.6) is 0 Å². The van der Waals surface area contributed by atoms with E-state index in [9.17, 15) is 4.79 Å². The Bertz CT molecular complexity index is 166. The quantitative estimate of drug-likeness (QED) is 0.396. The maximum Gasteiger partial charge on any atom is 0.333 e. The van der Waals surface area contributed by atoms with Gasteiger partial charge in [-0.25, -0.2) is 4.79 Å². The van der Waals surface area contributed by atoms with Crippen LogP contribution >= 0.6 is 11.8 Å². The first-order valence-electron chi connectivity index (χ1n) is 3.66. The first kappa shape index (κ1) is 11.5. The Labute approximate surface area is 76.8 Å². The predicted octanol–water partition coefficient (Wildman–Crippen LogP) is 0.831. The van der Waals surface area contributed by atoms with Crippen molar-refractivity contribution >= 4 is 17.7 Å². The molecule has 0 aliphatic heterocycles. The average molecular weight is 190 g/mol. The summed E-state index contributed by atoms with van der Waals surface area (Å²) in [5.74, 6) is 1.14. The van der Waals surface area contributed by atoms with E-state index in [1.54, 1.807) is 24.8 Å². The van der Waals surface area contributed by atoms with Gasteiger partial charge in [0.2, 0.25) is 0 Å². The molecule has 0 amide bonds. The third-order valence-corrected chi connectivity index (χ3v) is 2.12. The minimum atomic E-state index is -0.292. The molecular weight excluding hydrogens is 176 g/mol. The third-order valence-electron chi connectivity index (χ3n) is 1.25. The molecule has 0 bridgehead atoms. The third kappa shape index (κ3) is 5.21. The molecule has 0 aromatic heterocycles. The fourth-order valence-electron chi connectivity index (χ4n) is 0.576. The van der Waals surface area contributed by atoms with Crippen LogP contribution in [0, 0.1) is 0 Å². The number of carbonyl (C=O) groups is 1. The molecule has 0 aliphatic rings. The summed E-state index contributed by atoms with van der Waals surface area (Å²) in [7, 11) is 1.36. The number of esters is 1. The topological polar surface area (TPSA) is 46.5 Å². The summed E-state index contributed by atoms with van der Waals surface area (Å²) in [6, 6.07) is 0. The standard InChI is InChI=1S/C8H14O3S/c1-7(8(10)11-2)3-5-12-6-4-9/h3,9H,4-6H2,1-2H3. The molecule has 0 saturated heterocycles. The average Bonchev–Trinajstić information content (AvgIpc) is 2.10. The molecule has 0 aliphatic carbocycles. The lowest BCUT2D eigenvalue weighted by atomic mass is 10.3. The number of thioether (sulfide) groups is 1. The summed E-state index contributed by atoms with van der Waals surface area (Å²) in [5, 5.41) is 8.45. The second-order valence-electron chi connectivity index (χ2n) is 2.18. The van der Waals surface area contributed by atoms with Crippen molar-refractivity contribution < 1.29 is 14.6 Å². The number of rotatable bonds is 5. The molecule has 4 heteroatoms. The summed E-state index contributed by atoms with van der Waals surface area (Å²) in [5.41, 5.74) is 0.614. The number of aliphatic hydroxyl groups excluding tert-OH is 1. The molecule has 0 unspecified atom stereocenters. The van der Waals surface area contributed by atoms with E-state index in [0.29, 0.717) is 11.3 Å². The number of carbonyl (C=O) groups excluding carboxylic acids is 1. The molecule has 3 nitrogen and oxygen atoms in total. The molecule has 0 fully saturated rings. The van der Waals surface area contributed by atoms with Crippen molar-refractivity contribution in [3.63, 3.8) is 0 Å². The number of ether oxygens (including phenoxy) is 1. The van der Waals surface area contributed by atoms with Crippen molar-refractivity contribution in [2.45, 2.75) is 6.92 Å². The van der Waals surface area contributed by atoms with Crippen LogP contribution in [0.25, 0.3) is 0 Å². The van der Waals surface area contributed by atoms with Crippen LogP contribution in [0.4, 0.5) is 0 Å². The van der Waals surface area contributed by atoms with Crippen LogP contribution < -0.4 is 0 Å². The molecule has 12 heavy (non-hydrogen) atoms. The van der Waals surface area contributed by atoms with Gasteiger partial charge < -0.3 is 9.84 Å². The molecule has 0 spiro atoms. The summed E-state index contributed by atoms with van der Waals surface area (Å²) >= 11 is 1.58. The van der Waals surface area contributed by atoms with E-state index in [0.717, 1.165) is 5.75 Å². The van der Waals surface area contributed by atoms with E-state index in [-0.39, 0.29) is 12.6 Å². The van der Waals surface area contributed by atoms with E-state index in [4.69, 9.17) is 5.11 Å². The van der Waals surface area contributed by atoms with Crippen molar-refractivity contribution in [1.82, 2.24) is 0 Å². The minimum Gasteiger partial charge on any atom is -0.466 e. The van der Waals surface area contributed by atoms with Crippen LogP contribution in [0.1, 0.15) is 6.92 Å². The maximum absolute atomic E-state index is 10.8. The molecular formula is C8H14O3S. The van der Waals surface area contributed by atoms with Crippen molar-refractivity contribution in [2.24, 2.45) is 0 Å². The van der Waals surface area contributed by atoms with Gasteiger partial charge in [0.15, 0.2) is 0 Å². The Balaban J connectivity index is 3.61. The highest BCUT2D eigenvalue weighted by Crippen LogP contribution is 2.02. The minimum absolute atomic E-state index is 0.176. The van der Waals surface area contributed by atoms with Gasteiger partial charge >= 0.3 is 5.97 Å². The monoisotopic (exact) mass is 190 g/mol. The van der Waals surface area contributed by atoms with Crippen molar-refractivity contribution in [3.05, 3.63) is 11.6 Å². The zero-order chi connectivity index (χ0) is 9.40. The molecule has 0 heterocycles. The van der Waals surface area contributed by atoms with Crippen molar-refractivity contribution in [3.8, 4) is 0 Å². The number of hydrogen-bond donors (Lipinski definition) is 1. The Kier molecular flexibility index (Phi) is 6.90. The van der Waals surface area contributed by atoms with E-state index < -0.39 is 0 Å². The fraction of sp³-hybridized carbons (Fsp3) is 0.625. The molecule has 0 rings (SSSR count). The normalized spacial score (nSPS) is 11.4. The van der Waals surface area contributed by atoms with Gasteiger partial charge in [0.25, 0.3) is 0 Å². The highest BCUT2D eigenvalue weighted by Gasteiger charge is 2.00. The predicted molar refractivity (Wildman–Crippen MR) is 50.2 cm³/mol. The zero-order valence-corrected chi connectivity index (χ0v) is 8.19. The van der Waals surface area contributed by atoms with Crippen LogP contribution in [0.2, 0.25) is 0 Å². The first-order chi connectivity index (χ1) is 5.72. The Morgan fingerprint density at radius 2 is 2.33 bits per heavy atom. The zero-order valence-electron chi connectivity index (χ0n) is 7.37. The van der Waals surface area contributed by atoms with Crippen LogP contribution in [-0.2, 0) is 9.53 Å². The lowest BCUT2D eigenvalue weighted by molar-refractivity contribution is -0.136. The number of hydrogen-bond acceptors (Lipinski definition) is 4. The molecule has 0 saturated carbocycles. The van der Waals surface area contributed by atoms with E-state index in [1.807, 2.05) is 0 Å². The van der Waals surface area contributed by atoms with Gasteiger partial charge in [-0.3, -0.25) is 0 Å². The molecule has 0 aromatic carbocycles. The van der Waals surface area contributed by atoms with Crippen LogP contribution in [0.3, 0.4) is 0 Å². The SMILES string of the molecule is COC(=O)C(C)=CCSCCO. The van der Waals surface area contributed by atoms with Crippen LogP contribution in [0.15, 0.2) is 11.6 Å². The molecule has 1 N–H and O–H groups in total. The summed E-state index contributed by atoms with van der Waals surface area (Å²) in [4.78, 5) is 10.8. The largest absolute Gasteiger partial charge is 0.466 e. The Morgan fingerprint density at radius 1 is 1.67 bits per heavy atom.